The molecule has 0 spiro atoms. The van der Waals surface area contributed by atoms with Crippen LogP contribution in [0.4, 0.5) is 5.69 Å². The summed E-state index contributed by atoms with van der Waals surface area (Å²) in [5.74, 6) is 0.274. The molecule has 1 fully saturated rings. The molecule has 1 aromatic carbocycles. The van der Waals surface area contributed by atoms with Crippen LogP contribution in [0.2, 0.25) is 5.02 Å². The highest BCUT2D eigenvalue weighted by atomic mass is 35.5. The molecule has 2 aromatic rings. The van der Waals surface area contributed by atoms with Crippen LogP contribution in [0.15, 0.2) is 42.7 Å². The first-order valence-electron chi connectivity index (χ1n) is 8.42. The third-order valence-electron chi connectivity index (χ3n) is 4.48. The Kier molecular flexibility index (Phi) is 5.73. The molecule has 2 heterocycles. The molecule has 0 aliphatic carbocycles. The summed E-state index contributed by atoms with van der Waals surface area (Å²) in [6, 6.07) is 8.58. The van der Waals surface area contributed by atoms with E-state index in [9.17, 15) is 9.59 Å². The van der Waals surface area contributed by atoms with Gasteiger partial charge in [-0.2, -0.15) is 0 Å². The number of methoxy groups -OCH3 is 1. The molecule has 1 aromatic heterocycles. The lowest BCUT2D eigenvalue weighted by atomic mass is 9.95. The predicted molar refractivity (Wildman–Crippen MR) is 99.5 cm³/mol. The number of ether oxygens (including phenoxy) is 1. The molecule has 0 saturated carbocycles. The number of halogens is 1. The van der Waals surface area contributed by atoms with Gasteiger partial charge in [0, 0.05) is 36.4 Å². The predicted octanol–water partition coefficient (Wildman–Crippen LogP) is 3.23. The van der Waals surface area contributed by atoms with Crippen molar-refractivity contribution in [2.75, 3.05) is 25.5 Å². The molecule has 0 radical (unpaired) electrons. The van der Waals surface area contributed by atoms with E-state index in [1.54, 1.807) is 54.7 Å². The van der Waals surface area contributed by atoms with Crippen LogP contribution in [0.25, 0.3) is 0 Å². The average molecular weight is 374 g/mol. The molecule has 136 valence electrons. The maximum Gasteiger partial charge on any atom is 0.255 e. The minimum absolute atomic E-state index is 0.0477. The molecule has 7 heteroatoms. The van der Waals surface area contributed by atoms with E-state index in [2.05, 4.69) is 10.3 Å². The highest BCUT2D eigenvalue weighted by Gasteiger charge is 2.28. The molecule has 1 saturated heterocycles. The van der Waals surface area contributed by atoms with E-state index in [1.165, 1.54) is 0 Å². The van der Waals surface area contributed by atoms with E-state index in [-0.39, 0.29) is 17.7 Å². The van der Waals surface area contributed by atoms with Crippen LogP contribution in [0.5, 0.6) is 5.75 Å². The van der Waals surface area contributed by atoms with Gasteiger partial charge in [-0.3, -0.25) is 14.6 Å². The van der Waals surface area contributed by atoms with Crippen molar-refractivity contribution < 1.29 is 14.3 Å². The highest BCUT2D eigenvalue weighted by molar-refractivity contribution is 6.31. The minimum Gasteiger partial charge on any atom is -0.495 e. The quantitative estimate of drug-likeness (QED) is 0.893. The smallest absolute Gasteiger partial charge is 0.255 e. The molecular formula is C19H20ClN3O3. The zero-order valence-electron chi connectivity index (χ0n) is 14.4. The standard InChI is InChI=1S/C19H20ClN3O3/c1-26-17-5-4-15(20)11-16(17)22-18(24)13-6-9-23(10-7-13)19(25)14-3-2-8-21-12-14/h2-5,8,11-13H,6-7,9-10H2,1H3,(H,22,24). The van der Waals surface area contributed by atoms with Crippen LogP contribution in [0, 0.1) is 5.92 Å². The van der Waals surface area contributed by atoms with Crippen molar-refractivity contribution in [2.45, 2.75) is 12.8 Å². The number of piperidine rings is 1. The second kappa shape index (κ2) is 8.19. The van der Waals surface area contributed by atoms with Gasteiger partial charge < -0.3 is 15.0 Å². The molecule has 1 N–H and O–H groups in total. The summed E-state index contributed by atoms with van der Waals surface area (Å²) in [5, 5.41) is 3.41. The SMILES string of the molecule is COc1ccc(Cl)cc1NC(=O)C1CCN(C(=O)c2cccnc2)CC1. The third-order valence-corrected chi connectivity index (χ3v) is 4.72. The summed E-state index contributed by atoms with van der Waals surface area (Å²) in [6.07, 6.45) is 4.42. The maximum absolute atomic E-state index is 12.6. The van der Waals surface area contributed by atoms with Gasteiger partial charge in [0.2, 0.25) is 5.91 Å². The number of rotatable bonds is 4. The molecular weight excluding hydrogens is 354 g/mol. The van der Waals surface area contributed by atoms with Gasteiger partial charge >= 0.3 is 0 Å². The van der Waals surface area contributed by atoms with E-state index in [1.807, 2.05) is 0 Å². The van der Waals surface area contributed by atoms with Gasteiger partial charge in [-0.25, -0.2) is 0 Å². The van der Waals surface area contributed by atoms with Crippen molar-refractivity contribution in [1.29, 1.82) is 0 Å². The van der Waals surface area contributed by atoms with Crippen LogP contribution in [-0.2, 0) is 4.79 Å². The summed E-state index contributed by atoms with van der Waals surface area (Å²) in [7, 11) is 1.54. The van der Waals surface area contributed by atoms with Crippen molar-refractivity contribution in [1.82, 2.24) is 9.88 Å². The van der Waals surface area contributed by atoms with Crippen LogP contribution >= 0.6 is 11.6 Å². The minimum atomic E-state index is -0.156. The number of carbonyl (C=O) groups is 2. The number of benzene rings is 1. The number of nitrogens with zero attached hydrogens (tertiary/aromatic N) is 2. The lowest BCUT2D eigenvalue weighted by molar-refractivity contribution is -0.121. The van der Waals surface area contributed by atoms with E-state index >= 15 is 0 Å². The Hall–Kier alpha value is -2.60. The van der Waals surface area contributed by atoms with E-state index < -0.39 is 0 Å². The Morgan fingerprint density at radius 3 is 2.69 bits per heavy atom. The van der Waals surface area contributed by atoms with Crippen LogP contribution < -0.4 is 10.1 Å². The van der Waals surface area contributed by atoms with Crippen molar-refractivity contribution in [3.05, 3.63) is 53.3 Å². The van der Waals surface area contributed by atoms with Crippen LogP contribution in [-0.4, -0.2) is 41.9 Å². The Morgan fingerprint density at radius 2 is 2.04 bits per heavy atom. The average Bonchev–Trinajstić information content (AvgIpc) is 2.68. The van der Waals surface area contributed by atoms with Crippen LogP contribution in [0.1, 0.15) is 23.2 Å². The summed E-state index contributed by atoms with van der Waals surface area (Å²) >= 11 is 6.00. The fraction of sp³-hybridized carbons (Fsp3) is 0.316. The molecule has 26 heavy (non-hydrogen) atoms. The van der Waals surface area contributed by atoms with Crippen molar-refractivity contribution in [3.8, 4) is 5.75 Å². The van der Waals surface area contributed by atoms with E-state index in [0.717, 1.165) is 0 Å². The Balaban J connectivity index is 1.59. The number of amides is 2. The number of aromatic nitrogens is 1. The molecule has 1 aliphatic rings. The van der Waals surface area contributed by atoms with Gasteiger partial charge in [0.15, 0.2) is 0 Å². The highest BCUT2D eigenvalue weighted by Crippen LogP contribution is 2.29. The number of carbonyl (C=O) groups excluding carboxylic acids is 2. The normalized spacial score (nSPS) is 14.8. The number of anilines is 1. The summed E-state index contributed by atoms with van der Waals surface area (Å²) in [4.78, 5) is 30.8. The summed E-state index contributed by atoms with van der Waals surface area (Å²) in [5.41, 5.74) is 1.12. The van der Waals surface area contributed by atoms with Gasteiger partial charge in [-0.05, 0) is 43.2 Å². The fourth-order valence-corrected chi connectivity index (χ4v) is 3.20. The van der Waals surface area contributed by atoms with Gasteiger partial charge in [0.05, 0.1) is 18.4 Å². The number of hydrogen-bond acceptors (Lipinski definition) is 4. The third kappa shape index (κ3) is 4.14. The van der Waals surface area contributed by atoms with Gasteiger partial charge in [0.1, 0.15) is 5.75 Å². The monoisotopic (exact) mass is 373 g/mol. The molecule has 0 unspecified atom stereocenters. The van der Waals surface area contributed by atoms with Crippen molar-refractivity contribution in [2.24, 2.45) is 5.92 Å². The summed E-state index contributed by atoms with van der Waals surface area (Å²) < 4.78 is 5.25. The van der Waals surface area contributed by atoms with Crippen molar-refractivity contribution >= 4 is 29.1 Å². The van der Waals surface area contributed by atoms with Gasteiger partial charge in [-0.15, -0.1) is 0 Å². The topological polar surface area (TPSA) is 71.5 Å². The van der Waals surface area contributed by atoms with Gasteiger partial charge in [0.25, 0.3) is 5.91 Å². The first-order valence-corrected chi connectivity index (χ1v) is 8.80. The Labute approximate surface area is 157 Å². The lowest BCUT2D eigenvalue weighted by Gasteiger charge is -2.31. The zero-order chi connectivity index (χ0) is 18.5. The molecule has 3 rings (SSSR count). The first-order chi connectivity index (χ1) is 12.6. The zero-order valence-corrected chi connectivity index (χ0v) is 15.2. The first kappa shape index (κ1) is 18.2. The Bertz CT molecular complexity index is 790. The number of pyridine rings is 1. The molecule has 2 amide bonds. The molecule has 0 bridgehead atoms. The number of hydrogen-bond donors (Lipinski definition) is 1. The van der Waals surface area contributed by atoms with Gasteiger partial charge in [-0.1, -0.05) is 11.6 Å². The lowest BCUT2D eigenvalue weighted by Crippen LogP contribution is -2.41. The number of likely N-dealkylation sites (tertiary alicyclic amines) is 1. The Morgan fingerprint density at radius 1 is 1.27 bits per heavy atom. The van der Waals surface area contributed by atoms with Crippen molar-refractivity contribution in [3.63, 3.8) is 0 Å². The molecule has 6 nitrogen and oxygen atoms in total. The second-order valence-corrected chi connectivity index (χ2v) is 6.58. The number of nitrogens with one attached hydrogen (secondary N) is 1. The fourth-order valence-electron chi connectivity index (χ4n) is 3.03. The van der Waals surface area contributed by atoms with Crippen LogP contribution in [0.3, 0.4) is 0 Å². The maximum atomic E-state index is 12.6. The summed E-state index contributed by atoms with van der Waals surface area (Å²) in [6.45, 7) is 1.08. The van der Waals surface area contributed by atoms with E-state index in [0.29, 0.717) is 48.0 Å². The largest absolute Gasteiger partial charge is 0.495 e. The second-order valence-electron chi connectivity index (χ2n) is 6.14. The van der Waals surface area contributed by atoms with E-state index in [4.69, 9.17) is 16.3 Å². The molecule has 0 atom stereocenters. The molecule has 1 aliphatic heterocycles.